The van der Waals surface area contributed by atoms with Gasteiger partial charge in [-0.1, -0.05) is 0 Å². The molecule has 2 atom stereocenters. The van der Waals surface area contributed by atoms with Gasteiger partial charge in [-0.15, -0.1) is 0 Å². The van der Waals surface area contributed by atoms with Gasteiger partial charge in [-0.2, -0.15) is 0 Å². The van der Waals surface area contributed by atoms with Gasteiger partial charge < -0.3 is 20.4 Å². The van der Waals surface area contributed by atoms with E-state index in [1.807, 2.05) is 0 Å². The van der Waals surface area contributed by atoms with E-state index in [0.29, 0.717) is 39.3 Å². The molecule has 0 spiro atoms. The maximum atomic E-state index is 11.3. The largest absolute Gasteiger partial charge is 0.480 e. The third-order valence-corrected chi connectivity index (χ3v) is 4.76. The van der Waals surface area contributed by atoms with E-state index in [4.69, 9.17) is 10.9 Å². The lowest BCUT2D eigenvalue weighted by molar-refractivity contribution is -0.141. The van der Waals surface area contributed by atoms with Gasteiger partial charge in [-0.3, -0.25) is 34.9 Å². The highest BCUT2D eigenvalue weighted by Crippen LogP contribution is 2.11. The van der Waals surface area contributed by atoms with Gasteiger partial charge in [0.25, 0.3) is 0 Å². The van der Waals surface area contributed by atoms with Crippen molar-refractivity contribution < 1.29 is 34.8 Å². The third-order valence-electron chi connectivity index (χ3n) is 4.76. The molecule has 1 saturated heterocycles. The van der Waals surface area contributed by atoms with E-state index in [9.17, 15) is 29.7 Å². The highest BCUT2D eigenvalue weighted by molar-refractivity contribution is 5.70. The van der Waals surface area contributed by atoms with E-state index < -0.39 is 30.1 Å². The van der Waals surface area contributed by atoms with Crippen LogP contribution in [0.1, 0.15) is 13.3 Å². The highest BCUT2D eigenvalue weighted by atomic mass is 16.4. The number of carboxylic acid groups (broad SMARTS) is 3. The minimum Gasteiger partial charge on any atom is -0.480 e. The third kappa shape index (κ3) is 11.1. The summed E-state index contributed by atoms with van der Waals surface area (Å²) in [6, 6.07) is -0.397. The first kappa shape index (κ1) is 25.2. The molecule has 1 aliphatic heterocycles. The van der Waals surface area contributed by atoms with E-state index in [0.717, 1.165) is 0 Å². The van der Waals surface area contributed by atoms with Gasteiger partial charge in [0, 0.05) is 51.9 Å². The molecule has 29 heavy (non-hydrogen) atoms. The van der Waals surface area contributed by atoms with Crippen molar-refractivity contribution in [3.63, 3.8) is 0 Å². The number of aliphatic carboxylic acids is 3. The summed E-state index contributed by atoms with van der Waals surface area (Å²) < 4.78 is 0. The fourth-order valence-corrected chi connectivity index (χ4v) is 3.40. The number of carboxylic acids is 3. The molecule has 0 amide bonds. The van der Waals surface area contributed by atoms with Crippen LogP contribution in [0.2, 0.25) is 0 Å². The summed E-state index contributed by atoms with van der Waals surface area (Å²) in [5, 5.41) is 39.0. The normalized spacial score (nSPS) is 23.1. The Balaban J connectivity index is 3.07. The number of aliphatic hydroxyl groups excluding tert-OH is 1. The Kier molecular flexibility index (Phi) is 11.0. The van der Waals surface area contributed by atoms with E-state index >= 15 is 0 Å². The Morgan fingerprint density at radius 1 is 0.862 bits per heavy atom. The zero-order chi connectivity index (χ0) is 22.0. The zero-order valence-electron chi connectivity index (χ0n) is 16.8. The Morgan fingerprint density at radius 3 is 1.90 bits per heavy atom. The first-order chi connectivity index (χ1) is 13.6. The molecular formula is C17H33N5O7. The molecule has 1 rings (SSSR count). The van der Waals surface area contributed by atoms with Crippen molar-refractivity contribution >= 4 is 17.9 Å². The smallest absolute Gasteiger partial charge is 0.317 e. The van der Waals surface area contributed by atoms with Gasteiger partial charge in [-0.25, -0.2) is 5.01 Å². The fraction of sp³-hybridized carbons (Fsp3) is 0.824. The molecule has 1 heterocycles. The molecule has 0 radical (unpaired) electrons. The molecule has 0 aromatic rings. The number of hydrogen-bond donors (Lipinski definition) is 5. The number of rotatable bonds is 8. The SMILES string of the molecule is CC(O)CC1CN(CC(=O)O)CCN(CC(=O)O)CCN(N)CCN1CC(=O)O. The number of aliphatic hydroxyl groups is 1. The molecule has 0 bridgehead atoms. The number of hydrazine groups is 1. The minimum absolute atomic E-state index is 0.184. The molecule has 1 aliphatic rings. The molecular weight excluding hydrogens is 386 g/mol. The van der Waals surface area contributed by atoms with E-state index in [1.54, 1.807) is 21.6 Å². The monoisotopic (exact) mass is 419 g/mol. The first-order valence-corrected chi connectivity index (χ1v) is 9.58. The Bertz CT molecular complexity index is 548. The van der Waals surface area contributed by atoms with Crippen LogP contribution in [0.5, 0.6) is 0 Å². The van der Waals surface area contributed by atoms with Crippen molar-refractivity contribution in [2.24, 2.45) is 5.84 Å². The van der Waals surface area contributed by atoms with Crippen LogP contribution in [0, 0.1) is 0 Å². The first-order valence-electron chi connectivity index (χ1n) is 9.58. The van der Waals surface area contributed by atoms with Crippen LogP contribution in [0.15, 0.2) is 0 Å². The predicted molar refractivity (Wildman–Crippen MR) is 103 cm³/mol. The standard InChI is InChI=1S/C17H33N5O7/c1-13(23)8-14-9-20(11-16(26)27)3-2-19(10-15(24)25)4-6-22(18)7-5-21(14)12-17(28)29/h13-14,23H,2-12,18H2,1H3,(H,24,25)(H,26,27)(H,28,29). The number of carbonyl (C=O) groups is 3. The number of hydrogen-bond acceptors (Lipinski definition) is 9. The van der Waals surface area contributed by atoms with Gasteiger partial charge in [0.15, 0.2) is 0 Å². The lowest BCUT2D eigenvalue weighted by Gasteiger charge is -2.37. The maximum absolute atomic E-state index is 11.3. The highest BCUT2D eigenvalue weighted by Gasteiger charge is 2.27. The van der Waals surface area contributed by atoms with Gasteiger partial charge in [0.1, 0.15) is 0 Å². The van der Waals surface area contributed by atoms with Gasteiger partial charge in [0.2, 0.25) is 0 Å². The lowest BCUT2D eigenvalue weighted by atomic mass is 10.1. The fourth-order valence-electron chi connectivity index (χ4n) is 3.40. The molecule has 168 valence electrons. The molecule has 12 nitrogen and oxygen atoms in total. The van der Waals surface area contributed by atoms with Crippen molar-refractivity contribution in [1.29, 1.82) is 0 Å². The van der Waals surface area contributed by atoms with Gasteiger partial charge in [-0.05, 0) is 13.3 Å². The van der Waals surface area contributed by atoms with Crippen LogP contribution in [-0.4, -0.2) is 136 Å². The Morgan fingerprint density at radius 2 is 1.34 bits per heavy atom. The molecule has 0 saturated carbocycles. The van der Waals surface area contributed by atoms with Gasteiger partial charge >= 0.3 is 17.9 Å². The van der Waals surface area contributed by atoms with Crippen molar-refractivity contribution in [1.82, 2.24) is 19.7 Å². The topological polar surface area (TPSA) is 171 Å². The Labute approximate surface area is 170 Å². The lowest BCUT2D eigenvalue weighted by Crippen LogP contribution is -2.54. The average Bonchev–Trinajstić information content (AvgIpc) is 2.57. The summed E-state index contributed by atoms with van der Waals surface area (Å²) in [5.41, 5.74) is 0. The molecule has 0 aliphatic carbocycles. The van der Waals surface area contributed by atoms with Crippen LogP contribution < -0.4 is 5.84 Å². The van der Waals surface area contributed by atoms with Crippen LogP contribution in [0.4, 0.5) is 0 Å². The second-order valence-corrected chi connectivity index (χ2v) is 7.44. The van der Waals surface area contributed by atoms with Crippen LogP contribution >= 0.6 is 0 Å². The molecule has 1 fully saturated rings. The maximum Gasteiger partial charge on any atom is 0.317 e. The average molecular weight is 419 g/mol. The van der Waals surface area contributed by atoms with Gasteiger partial charge in [0.05, 0.1) is 25.7 Å². The number of nitrogens with two attached hydrogens (primary N) is 1. The summed E-state index contributed by atoms with van der Waals surface area (Å²) in [6.45, 7) is 3.19. The Hall–Kier alpha value is -1.83. The zero-order valence-corrected chi connectivity index (χ0v) is 16.8. The van der Waals surface area contributed by atoms with Crippen molar-refractivity contribution in [2.45, 2.75) is 25.5 Å². The van der Waals surface area contributed by atoms with E-state index in [2.05, 4.69) is 0 Å². The molecule has 2 unspecified atom stereocenters. The number of nitrogens with zero attached hydrogens (tertiary/aromatic N) is 4. The summed E-state index contributed by atoms with van der Waals surface area (Å²) in [6.07, 6.45) is -0.430. The molecule has 6 N–H and O–H groups in total. The van der Waals surface area contributed by atoms with Crippen LogP contribution in [0.3, 0.4) is 0 Å². The molecule has 12 heteroatoms. The van der Waals surface area contributed by atoms with Crippen LogP contribution in [-0.2, 0) is 14.4 Å². The summed E-state index contributed by atoms with van der Waals surface area (Å²) >= 11 is 0. The van der Waals surface area contributed by atoms with Crippen LogP contribution in [0.25, 0.3) is 0 Å². The summed E-state index contributed by atoms with van der Waals surface area (Å²) in [7, 11) is 0. The molecule has 0 aromatic heterocycles. The van der Waals surface area contributed by atoms with Crippen molar-refractivity contribution in [2.75, 3.05) is 65.4 Å². The second kappa shape index (κ2) is 12.7. The minimum atomic E-state index is -1.03. The summed E-state index contributed by atoms with van der Waals surface area (Å²) in [4.78, 5) is 38.8. The van der Waals surface area contributed by atoms with Crippen molar-refractivity contribution in [3.8, 4) is 0 Å². The quantitative estimate of drug-likeness (QED) is 0.262. The summed E-state index contributed by atoms with van der Waals surface area (Å²) in [5.74, 6) is 2.96. The van der Waals surface area contributed by atoms with E-state index in [1.165, 1.54) is 5.01 Å². The molecule has 0 aromatic carbocycles. The van der Waals surface area contributed by atoms with Crippen molar-refractivity contribution in [3.05, 3.63) is 0 Å². The second-order valence-electron chi connectivity index (χ2n) is 7.44. The van der Waals surface area contributed by atoms with E-state index in [-0.39, 0.29) is 32.6 Å². The predicted octanol–water partition coefficient (Wildman–Crippen LogP) is -2.52.